The molecular weight excluding hydrogens is 330 g/mol. The van der Waals surface area contributed by atoms with E-state index in [-0.39, 0.29) is 12.8 Å². The third kappa shape index (κ3) is 4.91. The Kier molecular flexibility index (Phi) is 6.10. The number of nitrogens with two attached hydrogens (primary N) is 1. The zero-order chi connectivity index (χ0) is 19.2. The topological polar surface area (TPSA) is 116 Å². The molecule has 0 heterocycles. The molecular formula is C20H21N3O3. The molecule has 0 bridgehead atoms. The maximum atomic E-state index is 12.6. The van der Waals surface area contributed by atoms with E-state index in [0.29, 0.717) is 11.1 Å². The maximum absolute atomic E-state index is 12.6. The standard InChI is InChI=1S/C20H21N3O3/c1-20(22,12-14-7-3-2-4-8-14)19(26)23-17(18(24)25)11-15-9-5-6-10-16(15)13-21/h2-10,17H,11-12,22H2,1H3,(H,23,26)(H,24,25). The molecule has 0 aliphatic rings. The molecule has 6 heteroatoms. The van der Waals surface area contributed by atoms with Gasteiger partial charge in [-0.05, 0) is 30.5 Å². The predicted octanol–water partition coefficient (Wildman–Crippen LogP) is 1.63. The summed E-state index contributed by atoms with van der Waals surface area (Å²) in [5, 5.41) is 21.1. The van der Waals surface area contributed by atoms with Crippen molar-refractivity contribution < 1.29 is 14.7 Å². The molecule has 0 fully saturated rings. The Hall–Kier alpha value is -3.17. The van der Waals surface area contributed by atoms with Crippen LogP contribution in [-0.2, 0) is 22.4 Å². The zero-order valence-corrected chi connectivity index (χ0v) is 14.5. The summed E-state index contributed by atoms with van der Waals surface area (Å²) in [5.41, 5.74) is 6.70. The molecule has 134 valence electrons. The highest BCUT2D eigenvalue weighted by atomic mass is 16.4. The molecule has 26 heavy (non-hydrogen) atoms. The third-order valence-electron chi connectivity index (χ3n) is 4.10. The summed E-state index contributed by atoms with van der Waals surface area (Å²) >= 11 is 0. The number of carboxylic acids is 1. The van der Waals surface area contributed by atoms with Gasteiger partial charge < -0.3 is 16.2 Å². The first-order chi connectivity index (χ1) is 12.3. The number of hydrogen-bond acceptors (Lipinski definition) is 4. The minimum absolute atomic E-state index is 0.00617. The van der Waals surface area contributed by atoms with Crippen LogP contribution in [0.15, 0.2) is 54.6 Å². The molecule has 4 N–H and O–H groups in total. The number of amides is 1. The van der Waals surface area contributed by atoms with E-state index in [1.54, 1.807) is 31.2 Å². The number of carboxylic acid groups (broad SMARTS) is 1. The van der Waals surface area contributed by atoms with Crippen molar-refractivity contribution in [3.63, 3.8) is 0 Å². The van der Waals surface area contributed by atoms with Crippen LogP contribution in [0.2, 0.25) is 0 Å². The van der Waals surface area contributed by atoms with Gasteiger partial charge in [0.25, 0.3) is 0 Å². The lowest BCUT2D eigenvalue weighted by molar-refractivity contribution is -0.142. The molecule has 2 rings (SSSR count). The Labute approximate surface area is 152 Å². The lowest BCUT2D eigenvalue weighted by atomic mass is 9.92. The number of aliphatic carboxylic acids is 1. The van der Waals surface area contributed by atoms with Gasteiger partial charge >= 0.3 is 5.97 Å². The lowest BCUT2D eigenvalue weighted by Gasteiger charge is -2.26. The van der Waals surface area contributed by atoms with Gasteiger partial charge in [-0.15, -0.1) is 0 Å². The van der Waals surface area contributed by atoms with Crippen LogP contribution in [0.25, 0.3) is 0 Å². The van der Waals surface area contributed by atoms with Crippen LogP contribution in [0.3, 0.4) is 0 Å². The van der Waals surface area contributed by atoms with Gasteiger partial charge in [0.2, 0.25) is 5.91 Å². The van der Waals surface area contributed by atoms with Crippen LogP contribution in [0.5, 0.6) is 0 Å². The summed E-state index contributed by atoms with van der Waals surface area (Å²) in [5.74, 6) is -1.73. The summed E-state index contributed by atoms with van der Waals surface area (Å²) in [6.07, 6.45) is 0.285. The van der Waals surface area contributed by atoms with Gasteiger partial charge in [-0.3, -0.25) is 4.79 Å². The molecule has 6 nitrogen and oxygen atoms in total. The fourth-order valence-electron chi connectivity index (χ4n) is 2.65. The number of benzene rings is 2. The molecule has 0 aliphatic carbocycles. The predicted molar refractivity (Wildman–Crippen MR) is 97.2 cm³/mol. The Morgan fingerprint density at radius 1 is 1.19 bits per heavy atom. The van der Waals surface area contributed by atoms with Crippen molar-refractivity contribution in [3.05, 3.63) is 71.3 Å². The van der Waals surface area contributed by atoms with Crippen molar-refractivity contribution in [3.8, 4) is 6.07 Å². The summed E-state index contributed by atoms with van der Waals surface area (Å²) in [6, 6.07) is 16.8. The van der Waals surface area contributed by atoms with E-state index >= 15 is 0 Å². The molecule has 0 saturated heterocycles. The number of nitriles is 1. The van der Waals surface area contributed by atoms with Gasteiger partial charge in [0.15, 0.2) is 0 Å². The van der Waals surface area contributed by atoms with Crippen molar-refractivity contribution >= 4 is 11.9 Å². The van der Waals surface area contributed by atoms with Gasteiger partial charge in [-0.1, -0.05) is 48.5 Å². The quantitative estimate of drug-likeness (QED) is 0.701. The molecule has 2 unspecified atom stereocenters. The second kappa shape index (κ2) is 8.28. The minimum atomic E-state index is -1.26. The molecule has 0 aromatic heterocycles. The van der Waals surface area contributed by atoms with E-state index in [1.807, 2.05) is 36.4 Å². The number of rotatable bonds is 7. The monoisotopic (exact) mass is 351 g/mol. The van der Waals surface area contributed by atoms with Gasteiger partial charge in [0, 0.05) is 6.42 Å². The normalized spacial score (nSPS) is 13.9. The van der Waals surface area contributed by atoms with Crippen molar-refractivity contribution in [2.75, 3.05) is 0 Å². The number of carbonyl (C=O) groups excluding carboxylic acids is 1. The summed E-state index contributed by atoms with van der Waals surface area (Å²) in [6.45, 7) is 1.57. The molecule has 2 aromatic rings. The number of carbonyl (C=O) groups is 2. The number of hydrogen-bond donors (Lipinski definition) is 3. The summed E-state index contributed by atoms with van der Waals surface area (Å²) in [4.78, 5) is 24.2. The van der Waals surface area contributed by atoms with E-state index in [1.165, 1.54) is 0 Å². The van der Waals surface area contributed by atoms with Crippen LogP contribution < -0.4 is 11.1 Å². The molecule has 1 amide bonds. The van der Waals surface area contributed by atoms with Crippen LogP contribution in [-0.4, -0.2) is 28.6 Å². The van der Waals surface area contributed by atoms with Crippen LogP contribution in [0.4, 0.5) is 0 Å². The smallest absolute Gasteiger partial charge is 0.326 e. The van der Waals surface area contributed by atoms with E-state index in [0.717, 1.165) is 5.56 Å². The fourth-order valence-corrected chi connectivity index (χ4v) is 2.65. The maximum Gasteiger partial charge on any atom is 0.326 e. The average Bonchev–Trinajstić information content (AvgIpc) is 2.61. The van der Waals surface area contributed by atoms with E-state index in [9.17, 15) is 14.7 Å². The van der Waals surface area contributed by atoms with Gasteiger partial charge in [0.1, 0.15) is 6.04 Å². The first-order valence-corrected chi connectivity index (χ1v) is 8.18. The Morgan fingerprint density at radius 3 is 2.42 bits per heavy atom. The van der Waals surface area contributed by atoms with Gasteiger partial charge in [-0.2, -0.15) is 5.26 Å². The van der Waals surface area contributed by atoms with Crippen molar-refractivity contribution in [1.82, 2.24) is 5.32 Å². The van der Waals surface area contributed by atoms with Gasteiger partial charge in [-0.25, -0.2) is 4.79 Å². The van der Waals surface area contributed by atoms with Crippen LogP contribution >= 0.6 is 0 Å². The average molecular weight is 351 g/mol. The van der Waals surface area contributed by atoms with Crippen LogP contribution in [0.1, 0.15) is 23.6 Å². The van der Waals surface area contributed by atoms with Crippen molar-refractivity contribution in [1.29, 1.82) is 5.26 Å². The zero-order valence-electron chi connectivity index (χ0n) is 14.5. The molecule has 2 aromatic carbocycles. The van der Waals surface area contributed by atoms with E-state index in [4.69, 9.17) is 11.0 Å². The van der Waals surface area contributed by atoms with Crippen molar-refractivity contribution in [2.24, 2.45) is 5.73 Å². The molecule has 0 radical (unpaired) electrons. The van der Waals surface area contributed by atoms with Crippen LogP contribution in [0, 0.1) is 11.3 Å². The fraction of sp³-hybridized carbons (Fsp3) is 0.250. The molecule has 0 spiro atoms. The summed E-state index contributed by atoms with van der Waals surface area (Å²) in [7, 11) is 0. The van der Waals surface area contributed by atoms with E-state index < -0.39 is 23.5 Å². The first-order valence-electron chi connectivity index (χ1n) is 8.18. The minimum Gasteiger partial charge on any atom is -0.480 e. The van der Waals surface area contributed by atoms with Crippen molar-refractivity contribution in [2.45, 2.75) is 31.3 Å². The SMILES string of the molecule is CC(N)(Cc1ccccc1)C(=O)NC(Cc1ccccc1C#N)C(=O)O. The van der Waals surface area contributed by atoms with Gasteiger partial charge in [0.05, 0.1) is 17.2 Å². The number of nitrogens with one attached hydrogen (secondary N) is 1. The molecule has 0 saturated carbocycles. The number of nitrogens with zero attached hydrogens (tertiary/aromatic N) is 1. The Morgan fingerprint density at radius 2 is 1.81 bits per heavy atom. The largest absolute Gasteiger partial charge is 0.480 e. The highest BCUT2D eigenvalue weighted by molar-refractivity contribution is 5.90. The summed E-state index contributed by atoms with van der Waals surface area (Å²) < 4.78 is 0. The second-order valence-corrected chi connectivity index (χ2v) is 6.42. The Balaban J connectivity index is 2.12. The lowest BCUT2D eigenvalue weighted by Crippen LogP contribution is -2.57. The highest BCUT2D eigenvalue weighted by Gasteiger charge is 2.32. The van der Waals surface area contributed by atoms with E-state index in [2.05, 4.69) is 5.32 Å². The third-order valence-corrected chi connectivity index (χ3v) is 4.10. The first kappa shape index (κ1) is 19.2. The second-order valence-electron chi connectivity index (χ2n) is 6.42. The molecule has 0 aliphatic heterocycles. The molecule has 2 atom stereocenters. The highest BCUT2D eigenvalue weighted by Crippen LogP contribution is 2.14. The Bertz CT molecular complexity index is 826.